The molecule has 0 aliphatic rings. The van der Waals surface area contributed by atoms with Crippen molar-refractivity contribution in [2.75, 3.05) is 12.4 Å². The molecule has 4 aromatic rings. The second kappa shape index (κ2) is 6.84. The monoisotopic (exact) mass is 338 g/mol. The Balaban J connectivity index is 1.91. The number of hydrogen-bond acceptors (Lipinski definition) is 5. The lowest BCUT2D eigenvalue weighted by molar-refractivity contribution is 0.415. The van der Waals surface area contributed by atoms with Gasteiger partial charge in [0, 0.05) is 29.0 Å². The molecule has 0 atom stereocenters. The number of nitrogens with one attached hydrogen (secondary N) is 1. The highest BCUT2D eigenvalue weighted by Crippen LogP contribution is 2.29. The molecule has 0 fully saturated rings. The Kier molecular flexibility index (Phi) is 4.23. The SMILES string of the molecule is [B]c1ccccc1Nc1nc(-c2cccnc2)nc2ccc(OC)cc12. The summed E-state index contributed by atoms with van der Waals surface area (Å²) in [6.45, 7) is 0. The van der Waals surface area contributed by atoms with Crippen LogP contribution in [0.25, 0.3) is 22.3 Å². The first-order valence-corrected chi connectivity index (χ1v) is 8.12. The second-order valence-corrected chi connectivity index (χ2v) is 5.73. The van der Waals surface area contributed by atoms with Gasteiger partial charge in [0.25, 0.3) is 0 Å². The number of nitrogens with zero attached hydrogens (tertiary/aromatic N) is 3. The molecule has 0 bridgehead atoms. The van der Waals surface area contributed by atoms with Crippen LogP contribution in [0.3, 0.4) is 0 Å². The summed E-state index contributed by atoms with van der Waals surface area (Å²) in [4.78, 5) is 13.5. The van der Waals surface area contributed by atoms with Gasteiger partial charge in [-0.2, -0.15) is 0 Å². The first kappa shape index (κ1) is 16.1. The van der Waals surface area contributed by atoms with Crippen LogP contribution in [0, 0.1) is 0 Å². The number of anilines is 2. The van der Waals surface area contributed by atoms with Gasteiger partial charge in [-0.15, -0.1) is 0 Å². The number of ether oxygens (including phenoxy) is 1. The number of rotatable bonds is 4. The molecule has 1 N–H and O–H groups in total. The zero-order valence-corrected chi connectivity index (χ0v) is 14.2. The molecular formula is C20H15BN4O. The van der Waals surface area contributed by atoms with Gasteiger partial charge in [0.2, 0.25) is 0 Å². The van der Waals surface area contributed by atoms with Crippen LogP contribution < -0.4 is 15.5 Å². The first-order chi connectivity index (χ1) is 12.7. The first-order valence-electron chi connectivity index (χ1n) is 8.12. The van der Waals surface area contributed by atoms with Crippen molar-refractivity contribution in [1.29, 1.82) is 0 Å². The molecule has 4 rings (SSSR count). The highest BCUT2D eigenvalue weighted by Gasteiger charge is 2.11. The number of para-hydroxylation sites is 1. The molecular weight excluding hydrogens is 323 g/mol. The lowest BCUT2D eigenvalue weighted by Crippen LogP contribution is -2.10. The second-order valence-electron chi connectivity index (χ2n) is 5.73. The molecule has 26 heavy (non-hydrogen) atoms. The number of benzene rings is 2. The third-order valence-corrected chi connectivity index (χ3v) is 4.04. The fourth-order valence-corrected chi connectivity index (χ4v) is 2.69. The van der Waals surface area contributed by atoms with E-state index in [4.69, 9.17) is 17.6 Å². The van der Waals surface area contributed by atoms with E-state index < -0.39 is 0 Å². The van der Waals surface area contributed by atoms with Crippen LogP contribution in [0.1, 0.15) is 0 Å². The predicted molar refractivity (Wildman–Crippen MR) is 104 cm³/mol. The largest absolute Gasteiger partial charge is 0.497 e. The van der Waals surface area contributed by atoms with Crippen molar-refractivity contribution in [2.24, 2.45) is 0 Å². The van der Waals surface area contributed by atoms with Crippen molar-refractivity contribution in [1.82, 2.24) is 15.0 Å². The van der Waals surface area contributed by atoms with Crippen molar-refractivity contribution in [3.8, 4) is 17.1 Å². The van der Waals surface area contributed by atoms with Gasteiger partial charge in [0.1, 0.15) is 19.4 Å². The Bertz CT molecular complexity index is 1070. The standard InChI is InChI=1S/C20H15BN4O/c1-26-14-8-9-17-15(11-14)20(24-18-7-3-2-6-16(18)21)25-19(23-17)13-5-4-10-22-12-13/h2-12H,1H3,(H,23,24,25). The minimum Gasteiger partial charge on any atom is -0.497 e. The molecule has 124 valence electrons. The number of pyridine rings is 1. The van der Waals surface area contributed by atoms with Gasteiger partial charge in [-0.1, -0.05) is 23.7 Å². The highest BCUT2D eigenvalue weighted by molar-refractivity contribution is 6.36. The summed E-state index contributed by atoms with van der Waals surface area (Å²) in [6, 6.07) is 17.1. The van der Waals surface area contributed by atoms with E-state index in [9.17, 15) is 0 Å². The van der Waals surface area contributed by atoms with Crippen LogP contribution in [0.2, 0.25) is 0 Å². The number of aromatic nitrogens is 3. The number of fused-ring (bicyclic) bond motifs is 1. The maximum atomic E-state index is 6.08. The van der Waals surface area contributed by atoms with Crippen molar-refractivity contribution in [2.45, 2.75) is 0 Å². The van der Waals surface area contributed by atoms with E-state index in [0.717, 1.165) is 27.9 Å². The fourth-order valence-electron chi connectivity index (χ4n) is 2.69. The Morgan fingerprint density at radius 1 is 1.00 bits per heavy atom. The summed E-state index contributed by atoms with van der Waals surface area (Å²) >= 11 is 0. The van der Waals surface area contributed by atoms with E-state index in [1.165, 1.54) is 0 Å². The Labute approximate surface area is 152 Å². The number of hydrogen-bond donors (Lipinski definition) is 1. The van der Waals surface area contributed by atoms with E-state index in [1.54, 1.807) is 19.5 Å². The fraction of sp³-hybridized carbons (Fsp3) is 0.0500. The molecule has 0 aliphatic heterocycles. The molecule has 2 aromatic heterocycles. The average Bonchev–Trinajstić information content (AvgIpc) is 2.70. The maximum Gasteiger partial charge on any atom is 0.163 e. The lowest BCUT2D eigenvalue weighted by Gasteiger charge is -2.13. The number of methoxy groups -OCH3 is 1. The molecule has 2 aromatic carbocycles. The van der Waals surface area contributed by atoms with Crippen LogP contribution in [-0.2, 0) is 0 Å². The van der Waals surface area contributed by atoms with Gasteiger partial charge in [0.05, 0.1) is 12.6 Å². The van der Waals surface area contributed by atoms with Gasteiger partial charge in [-0.25, -0.2) is 9.97 Å². The Morgan fingerprint density at radius 2 is 1.88 bits per heavy atom. The minimum atomic E-state index is 0.591. The smallest absolute Gasteiger partial charge is 0.163 e. The minimum absolute atomic E-state index is 0.591. The topological polar surface area (TPSA) is 59.9 Å². The molecule has 0 saturated carbocycles. The molecule has 0 amide bonds. The molecule has 2 heterocycles. The highest BCUT2D eigenvalue weighted by atomic mass is 16.5. The van der Waals surface area contributed by atoms with Gasteiger partial charge < -0.3 is 10.1 Å². The van der Waals surface area contributed by atoms with Crippen molar-refractivity contribution >= 4 is 35.7 Å². The molecule has 0 spiro atoms. The van der Waals surface area contributed by atoms with E-state index in [2.05, 4.69) is 15.3 Å². The molecule has 2 radical (unpaired) electrons. The predicted octanol–water partition coefficient (Wildman–Crippen LogP) is 3.24. The van der Waals surface area contributed by atoms with E-state index >= 15 is 0 Å². The van der Waals surface area contributed by atoms with Crippen LogP contribution in [0.5, 0.6) is 5.75 Å². The zero-order chi connectivity index (χ0) is 17.9. The summed E-state index contributed by atoms with van der Waals surface area (Å²) in [6.07, 6.45) is 3.46. The van der Waals surface area contributed by atoms with Gasteiger partial charge >= 0.3 is 0 Å². The summed E-state index contributed by atoms with van der Waals surface area (Å²) in [5.74, 6) is 1.98. The summed E-state index contributed by atoms with van der Waals surface area (Å²) in [5, 5.41) is 4.17. The molecule has 6 heteroatoms. The quantitative estimate of drug-likeness (QED) is 0.579. The third-order valence-electron chi connectivity index (χ3n) is 4.04. The van der Waals surface area contributed by atoms with Gasteiger partial charge in [0.15, 0.2) is 5.82 Å². The van der Waals surface area contributed by atoms with Crippen LogP contribution in [-0.4, -0.2) is 29.9 Å². The van der Waals surface area contributed by atoms with Gasteiger partial charge in [-0.3, -0.25) is 4.98 Å². The average molecular weight is 338 g/mol. The Hall–Kier alpha value is -3.41. The molecule has 5 nitrogen and oxygen atoms in total. The van der Waals surface area contributed by atoms with Gasteiger partial charge in [-0.05, 0) is 36.4 Å². The van der Waals surface area contributed by atoms with Crippen molar-refractivity contribution in [3.63, 3.8) is 0 Å². The van der Waals surface area contributed by atoms with Crippen molar-refractivity contribution < 1.29 is 4.74 Å². The van der Waals surface area contributed by atoms with Crippen molar-refractivity contribution in [3.05, 3.63) is 67.0 Å². The van der Waals surface area contributed by atoms with Crippen LogP contribution >= 0.6 is 0 Å². The normalized spacial score (nSPS) is 10.7. The maximum absolute atomic E-state index is 6.08. The van der Waals surface area contributed by atoms with Crippen LogP contribution in [0.4, 0.5) is 11.5 Å². The van der Waals surface area contributed by atoms with E-state index in [0.29, 0.717) is 17.1 Å². The summed E-state index contributed by atoms with van der Waals surface area (Å²) in [5.41, 5.74) is 3.07. The summed E-state index contributed by atoms with van der Waals surface area (Å²) in [7, 11) is 7.71. The zero-order valence-electron chi connectivity index (χ0n) is 14.2. The Morgan fingerprint density at radius 3 is 2.65 bits per heavy atom. The summed E-state index contributed by atoms with van der Waals surface area (Å²) < 4.78 is 5.35. The molecule has 0 unspecified atom stereocenters. The lowest BCUT2D eigenvalue weighted by atomic mass is 9.94. The van der Waals surface area contributed by atoms with E-state index in [-0.39, 0.29) is 0 Å². The molecule has 0 saturated heterocycles. The molecule has 0 aliphatic carbocycles. The third kappa shape index (κ3) is 3.09. The van der Waals surface area contributed by atoms with Crippen LogP contribution in [0.15, 0.2) is 67.0 Å². The van der Waals surface area contributed by atoms with E-state index in [1.807, 2.05) is 54.6 Å².